The summed E-state index contributed by atoms with van der Waals surface area (Å²) in [6, 6.07) is 3.41. The van der Waals surface area contributed by atoms with Crippen molar-refractivity contribution in [3.05, 3.63) is 27.9 Å². The quantitative estimate of drug-likeness (QED) is 0.474. The van der Waals surface area contributed by atoms with Crippen LogP contribution >= 0.6 is 22.6 Å². The van der Waals surface area contributed by atoms with Crippen LogP contribution in [0.4, 0.5) is 0 Å². The predicted molar refractivity (Wildman–Crippen MR) is 72.9 cm³/mol. The number of carbonyl (C=O) groups is 1. The smallest absolute Gasteiger partial charge is 0.356 e. The fraction of sp³-hybridized carbons (Fsp3) is 0.273. The molecule has 0 unspecified atom stereocenters. The molecule has 0 spiro atoms. The summed E-state index contributed by atoms with van der Waals surface area (Å²) >= 11 is 2.03. The second kappa shape index (κ2) is 5.42. The van der Waals surface area contributed by atoms with Gasteiger partial charge in [0.05, 0.1) is 12.3 Å². The van der Waals surface area contributed by atoms with Crippen LogP contribution in [0.5, 0.6) is 0 Å². The molecule has 0 saturated carbocycles. The molecule has 2 aromatic heterocycles. The fourth-order valence-electron chi connectivity index (χ4n) is 1.47. The number of halogens is 1. The topological polar surface area (TPSA) is 69.9 Å². The summed E-state index contributed by atoms with van der Waals surface area (Å²) in [5, 5.41) is 4.25. The molecule has 0 radical (unpaired) electrons. The van der Waals surface area contributed by atoms with Gasteiger partial charge in [-0.25, -0.2) is 14.8 Å². The first-order valence-corrected chi connectivity index (χ1v) is 6.39. The van der Waals surface area contributed by atoms with Crippen molar-refractivity contribution in [2.75, 3.05) is 6.61 Å². The molecule has 6 nitrogen and oxygen atoms in total. The van der Waals surface area contributed by atoms with Gasteiger partial charge in [0.2, 0.25) is 0 Å². The first kappa shape index (κ1) is 12.9. The van der Waals surface area contributed by atoms with E-state index in [1.165, 1.54) is 4.68 Å². The monoisotopic (exact) mass is 358 g/mol. The second-order valence-corrected chi connectivity index (χ2v) is 4.43. The minimum atomic E-state index is -0.387. The van der Waals surface area contributed by atoms with Crippen molar-refractivity contribution in [1.29, 1.82) is 0 Å². The van der Waals surface area contributed by atoms with Crippen molar-refractivity contribution >= 4 is 28.6 Å². The van der Waals surface area contributed by atoms with Crippen LogP contribution in [0.25, 0.3) is 11.4 Å². The lowest BCUT2D eigenvalue weighted by atomic mass is 10.3. The summed E-state index contributed by atoms with van der Waals surface area (Å²) in [7, 11) is 1.70. The zero-order valence-corrected chi connectivity index (χ0v) is 12.1. The molecular weight excluding hydrogens is 347 g/mol. The van der Waals surface area contributed by atoms with Gasteiger partial charge in [-0.05, 0) is 13.0 Å². The number of hydrogen-bond donors (Lipinski definition) is 0. The van der Waals surface area contributed by atoms with Crippen LogP contribution in [0.15, 0.2) is 18.3 Å². The van der Waals surface area contributed by atoms with E-state index in [4.69, 9.17) is 4.74 Å². The van der Waals surface area contributed by atoms with Crippen molar-refractivity contribution in [3.63, 3.8) is 0 Å². The fourth-order valence-corrected chi connectivity index (χ4v) is 1.89. The molecule has 0 bridgehead atoms. The van der Waals surface area contributed by atoms with Crippen molar-refractivity contribution in [1.82, 2.24) is 19.7 Å². The van der Waals surface area contributed by atoms with Gasteiger partial charge in [-0.2, -0.15) is 5.10 Å². The van der Waals surface area contributed by atoms with Crippen molar-refractivity contribution in [3.8, 4) is 11.4 Å². The summed E-state index contributed by atoms with van der Waals surface area (Å²) in [5.41, 5.74) is 1.71. The number of rotatable bonds is 3. The average Bonchev–Trinajstić information content (AvgIpc) is 2.72. The number of ether oxygens (including phenoxy) is 1. The summed E-state index contributed by atoms with van der Waals surface area (Å²) in [6.45, 7) is 2.10. The number of esters is 1. The standard InChI is InChI=1S/C11H11IN4O2/c1-3-18-10(17)9-6-8(15-16(9)2)7-4-5-13-11(12)14-7/h4-6H,3H2,1-2H3. The zero-order chi connectivity index (χ0) is 13.1. The van der Waals surface area contributed by atoms with E-state index in [0.29, 0.717) is 27.5 Å². The molecule has 2 heterocycles. The Morgan fingerprint density at radius 3 is 2.94 bits per heavy atom. The zero-order valence-electron chi connectivity index (χ0n) is 9.92. The first-order chi connectivity index (χ1) is 8.61. The minimum Gasteiger partial charge on any atom is -0.461 e. The lowest BCUT2D eigenvalue weighted by Crippen LogP contribution is -2.10. The summed E-state index contributed by atoms with van der Waals surface area (Å²) in [5.74, 6) is -0.387. The van der Waals surface area contributed by atoms with Crippen LogP contribution in [0, 0.1) is 3.83 Å². The lowest BCUT2D eigenvalue weighted by molar-refractivity contribution is 0.0513. The Morgan fingerprint density at radius 2 is 2.28 bits per heavy atom. The van der Waals surface area contributed by atoms with Gasteiger partial charge in [0.1, 0.15) is 11.4 Å². The average molecular weight is 358 g/mol. The van der Waals surface area contributed by atoms with Gasteiger partial charge < -0.3 is 4.74 Å². The van der Waals surface area contributed by atoms with Gasteiger partial charge in [0.25, 0.3) is 0 Å². The Hall–Kier alpha value is -1.51. The van der Waals surface area contributed by atoms with Gasteiger partial charge in [-0.1, -0.05) is 0 Å². The van der Waals surface area contributed by atoms with E-state index in [9.17, 15) is 4.79 Å². The maximum Gasteiger partial charge on any atom is 0.356 e. The van der Waals surface area contributed by atoms with Crippen LogP contribution in [0.1, 0.15) is 17.4 Å². The molecule has 2 aromatic rings. The van der Waals surface area contributed by atoms with Gasteiger partial charge in [-0.15, -0.1) is 0 Å². The van der Waals surface area contributed by atoms with Gasteiger partial charge >= 0.3 is 5.97 Å². The molecule has 0 amide bonds. The highest BCUT2D eigenvalue weighted by atomic mass is 127. The predicted octanol–water partition coefficient (Wildman–Crippen LogP) is 1.66. The molecule has 0 aliphatic carbocycles. The Balaban J connectivity index is 2.37. The SMILES string of the molecule is CCOC(=O)c1cc(-c2ccnc(I)n2)nn1C. The number of carbonyl (C=O) groups excluding carboxylic acids is 1. The largest absolute Gasteiger partial charge is 0.461 e. The third-order valence-corrected chi connectivity index (χ3v) is 2.77. The second-order valence-electron chi connectivity index (χ2n) is 3.47. The van der Waals surface area contributed by atoms with E-state index in [-0.39, 0.29) is 5.97 Å². The number of hydrogen-bond acceptors (Lipinski definition) is 5. The first-order valence-electron chi connectivity index (χ1n) is 5.32. The molecular formula is C11H11IN4O2. The van der Waals surface area contributed by atoms with Crippen LogP contribution in [-0.2, 0) is 11.8 Å². The molecule has 0 atom stereocenters. The Bertz CT molecular complexity index is 582. The minimum absolute atomic E-state index is 0.338. The summed E-state index contributed by atoms with van der Waals surface area (Å²) in [4.78, 5) is 19.9. The Labute approximate surface area is 118 Å². The van der Waals surface area contributed by atoms with E-state index in [1.807, 2.05) is 22.6 Å². The molecule has 0 aromatic carbocycles. The van der Waals surface area contributed by atoms with Crippen LogP contribution in [-0.4, -0.2) is 32.3 Å². The van der Waals surface area contributed by atoms with Gasteiger partial charge in [0.15, 0.2) is 3.83 Å². The van der Waals surface area contributed by atoms with Crippen LogP contribution in [0.2, 0.25) is 0 Å². The highest BCUT2D eigenvalue weighted by Crippen LogP contribution is 2.17. The highest BCUT2D eigenvalue weighted by molar-refractivity contribution is 14.1. The van der Waals surface area contributed by atoms with Gasteiger partial charge in [0, 0.05) is 41.9 Å². The van der Waals surface area contributed by atoms with Crippen molar-refractivity contribution in [2.45, 2.75) is 6.92 Å². The normalized spacial score (nSPS) is 10.4. The molecule has 94 valence electrons. The Morgan fingerprint density at radius 1 is 1.50 bits per heavy atom. The molecule has 7 heteroatoms. The molecule has 18 heavy (non-hydrogen) atoms. The van der Waals surface area contributed by atoms with E-state index in [0.717, 1.165) is 0 Å². The van der Waals surface area contributed by atoms with Crippen LogP contribution in [0.3, 0.4) is 0 Å². The number of nitrogens with zero attached hydrogens (tertiary/aromatic N) is 4. The highest BCUT2D eigenvalue weighted by Gasteiger charge is 2.15. The summed E-state index contributed by atoms with van der Waals surface area (Å²) in [6.07, 6.45) is 1.66. The molecule has 0 aliphatic rings. The van der Waals surface area contributed by atoms with E-state index < -0.39 is 0 Å². The third kappa shape index (κ3) is 2.66. The van der Waals surface area contributed by atoms with Crippen LogP contribution < -0.4 is 0 Å². The molecule has 0 saturated heterocycles. The maximum absolute atomic E-state index is 11.7. The van der Waals surface area contributed by atoms with E-state index in [2.05, 4.69) is 15.1 Å². The molecule has 2 rings (SSSR count). The lowest BCUT2D eigenvalue weighted by Gasteiger charge is -1.99. The van der Waals surface area contributed by atoms with Crippen molar-refractivity contribution in [2.24, 2.45) is 7.05 Å². The number of aryl methyl sites for hydroxylation is 1. The molecule has 0 fully saturated rings. The molecule has 0 aliphatic heterocycles. The number of aromatic nitrogens is 4. The van der Waals surface area contributed by atoms with Gasteiger partial charge in [-0.3, -0.25) is 4.68 Å². The van der Waals surface area contributed by atoms with Crippen molar-refractivity contribution < 1.29 is 9.53 Å². The van der Waals surface area contributed by atoms with E-state index in [1.54, 1.807) is 32.3 Å². The summed E-state index contributed by atoms with van der Waals surface area (Å²) < 4.78 is 7.07. The Kier molecular flexibility index (Phi) is 3.90. The third-order valence-electron chi connectivity index (χ3n) is 2.25. The van der Waals surface area contributed by atoms with E-state index >= 15 is 0 Å². The maximum atomic E-state index is 11.7. The molecule has 0 N–H and O–H groups in total.